The highest BCUT2D eigenvalue weighted by Gasteiger charge is 2.20. The molecule has 0 saturated heterocycles. The fourth-order valence-corrected chi connectivity index (χ4v) is 2.92. The summed E-state index contributed by atoms with van der Waals surface area (Å²) in [5.74, 6) is 1.43. The van der Waals surface area contributed by atoms with Crippen LogP contribution in [0.15, 0.2) is 23.1 Å². The van der Waals surface area contributed by atoms with Gasteiger partial charge in [0.25, 0.3) is 5.09 Å². The smallest absolute Gasteiger partial charge is 0.291 e. The van der Waals surface area contributed by atoms with Gasteiger partial charge in [-0.3, -0.25) is 0 Å². The zero-order valence-corrected chi connectivity index (χ0v) is 12.3. The molecule has 0 saturated carbocycles. The number of anilines is 1. The molecule has 0 amide bonds. The van der Waals surface area contributed by atoms with Crippen LogP contribution < -0.4 is 5.73 Å². The van der Waals surface area contributed by atoms with Gasteiger partial charge < -0.3 is 20.9 Å². The van der Waals surface area contributed by atoms with Crippen molar-refractivity contribution in [3.05, 3.63) is 38.8 Å². The van der Waals surface area contributed by atoms with E-state index in [0.717, 1.165) is 24.4 Å². The molecule has 2 rings (SSSR count). The summed E-state index contributed by atoms with van der Waals surface area (Å²) in [5, 5.41) is 22.6. The van der Waals surface area contributed by atoms with Crippen molar-refractivity contribution in [2.75, 3.05) is 18.2 Å². The van der Waals surface area contributed by atoms with E-state index in [-0.39, 0.29) is 6.61 Å². The van der Waals surface area contributed by atoms with Gasteiger partial charge in [-0.1, -0.05) is 0 Å². The van der Waals surface area contributed by atoms with Crippen molar-refractivity contribution >= 4 is 17.6 Å². The van der Waals surface area contributed by atoms with Crippen LogP contribution in [0.25, 0.3) is 0 Å². The van der Waals surface area contributed by atoms with Crippen LogP contribution in [0.5, 0.6) is 0 Å². The lowest BCUT2D eigenvalue weighted by atomic mass is 10.2. The van der Waals surface area contributed by atoms with Gasteiger partial charge in [-0.25, -0.2) is 9.97 Å². The lowest BCUT2D eigenvalue weighted by molar-refractivity contribution is -0.742. The largest absolute Gasteiger partial charge is 0.396 e. The summed E-state index contributed by atoms with van der Waals surface area (Å²) in [6.45, 7) is 3.00. The molecule has 0 fully saturated rings. The molecule has 1 aromatic heterocycles. The van der Waals surface area contributed by atoms with Crippen LogP contribution in [0.1, 0.15) is 18.9 Å². The number of aliphatic hydroxyl groups excluding tert-OH is 1. The van der Waals surface area contributed by atoms with Gasteiger partial charge in [-0.2, -0.15) is 0 Å². The highest BCUT2D eigenvalue weighted by Crippen LogP contribution is 2.34. The molecule has 1 aliphatic rings. The van der Waals surface area contributed by atoms with Crippen molar-refractivity contribution in [2.45, 2.75) is 19.9 Å². The Hall–Kier alpha value is -2.07. The monoisotopic (exact) mass is 315 g/mol. The second-order valence-electron chi connectivity index (χ2n) is 4.12. The number of nitrogen functional groups attached to an aromatic ring is 1. The molecule has 1 aliphatic heterocycles. The molecular weight excluding hydrogens is 298 g/mol. The minimum Gasteiger partial charge on any atom is -0.396 e. The van der Waals surface area contributed by atoms with E-state index in [2.05, 4.69) is 21.8 Å². The van der Waals surface area contributed by atoms with E-state index < -0.39 is 5.09 Å². The molecule has 0 spiro atoms. The lowest BCUT2D eigenvalue weighted by Crippen LogP contribution is -2.18. The van der Waals surface area contributed by atoms with Gasteiger partial charge in [0, 0.05) is 41.9 Å². The third-order valence-electron chi connectivity index (χ3n) is 2.80. The Morgan fingerprint density at radius 1 is 1.62 bits per heavy atom. The van der Waals surface area contributed by atoms with Crippen molar-refractivity contribution in [2.24, 2.45) is 0 Å². The van der Waals surface area contributed by atoms with Crippen LogP contribution in [0, 0.1) is 10.1 Å². The van der Waals surface area contributed by atoms with Crippen LogP contribution in [0.4, 0.5) is 5.82 Å². The average Bonchev–Trinajstić information content (AvgIpc) is 2.74. The molecule has 0 aliphatic carbocycles. The maximum Gasteiger partial charge on any atom is 0.291 e. The summed E-state index contributed by atoms with van der Waals surface area (Å²) in [6, 6.07) is 0. The standard InChI is InChI=1S/C11H16N4OS.HNO3/c1-8-10(2-3-16)17-7-15(8)5-9-4-13-6-14-11(9)12;2-1(3)4/h4,6,16H,2-3,5,7H2,1H3,(H2,12,13,14);(H,2,3,4). The number of rotatable bonds is 4. The predicted molar refractivity (Wildman–Crippen MR) is 77.6 cm³/mol. The van der Waals surface area contributed by atoms with E-state index in [1.165, 1.54) is 16.9 Å². The summed E-state index contributed by atoms with van der Waals surface area (Å²) in [4.78, 5) is 19.8. The highest BCUT2D eigenvalue weighted by molar-refractivity contribution is 8.03. The van der Waals surface area contributed by atoms with E-state index in [1.807, 2.05) is 0 Å². The van der Waals surface area contributed by atoms with Gasteiger partial charge in [0.05, 0.1) is 5.88 Å². The molecule has 0 bridgehead atoms. The lowest BCUT2D eigenvalue weighted by Gasteiger charge is -2.19. The second-order valence-corrected chi connectivity index (χ2v) is 5.16. The van der Waals surface area contributed by atoms with Crippen molar-refractivity contribution in [3.63, 3.8) is 0 Å². The van der Waals surface area contributed by atoms with E-state index >= 15 is 0 Å². The average molecular weight is 315 g/mol. The van der Waals surface area contributed by atoms with E-state index in [1.54, 1.807) is 18.0 Å². The first-order valence-corrected chi connectivity index (χ1v) is 7.00. The van der Waals surface area contributed by atoms with Crippen LogP contribution in [0.3, 0.4) is 0 Å². The molecule has 9 nitrogen and oxygen atoms in total. The first-order valence-electron chi connectivity index (χ1n) is 6.01. The van der Waals surface area contributed by atoms with Crippen LogP contribution in [-0.4, -0.2) is 42.8 Å². The van der Waals surface area contributed by atoms with Crippen LogP contribution in [0.2, 0.25) is 0 Å². The number of thioether (sulfide) groups is 1. The molecule has 4 N–H and O–H groups in total. The molecule has 0 atom stereocenters. The topological polar surface area (TPSA) is 139 Å². The molecule has 21 heavy (non-hydrogen) atoms. The molecule has 0 unspecified atom stereocenters. The fourth-order valence-electron chi connectivity index (χ4n) is 1.75. The van der Waals surface area contributed by atoms with Gasteiger partial charge in [-0.15, -0.1) is 21.9 Å². The van der Waals surface area contributed by atoms with Crippen molar-refractivity contribution < 1.29 is 15.4 Å². The Morgan fingerprint density at radius 3 is 2.86 bits per heavy atom. The van der Waals surface area contributed by atoms with Gasteiger partial charge in [0.1, 0.15) is 12.1 Å². The van der Waals surface area contributed by atoms with Crippen molar-refractivity contribution in [3.8, 4) is 0 Å². The third kappa shape index (κ3) is 5.44. The highest BCUT2D eigenvalue weighted by atomic mass is 32.2. The van der Waals surface area contributed by atoms with E-state index in [4.69, 9.17) is 26.2 Å². The van der Waals surface area contributed by atoms with E-state index in [9.17, 15) is 0 Å². The van der Waals surface area contributed by atoms with Crippen molar-refractivity contribution in [1.82, 2.24) is 14.9 Å². The summed E-state index contributed by atoms with van der Waals surface area (Å²) < 4.78 is 0. The number of aromatic nitrogens is 2. The predicted octanol–water partition coefficient (Wildman–Crippen LogP) is 0.831. The number of nitrogens with zero attached hydrogens (tertiary/aromatic N) is 4. The fraction of sp³-hybridized carbons (Fsp3) is 0.455. The quantitative estimate of drug-likeness (QED) is 0.544. The normalized spacial score (nSPS) is 13.9. The molecule has 116 valence electrons. The number of nitrogens with two attached hydrogens (primary N) is 1. The molecule has 0 aromatic carbocycles. The first-order chi connectivity index (χ1) is 9.95. The second kappa shape index (κ2) is 8.27. The molecular formula is C11H17N5O4S. The molecule has 10 heteroatoms. The molecule has 2 heterocycles. The summed E-state index contributed by atoms with van der Waals surface area (Å²) >= 11 is 1.77. The maximum atomic E-state index is 8.96. The van der Waals surface area contributed by atoms with Gasteiger partial charge in [0.15, 0.2) is 0 Å². The van der Waals surface area contributed by atoms with Crippen LogP contribution >= 0.6 is 11.8 Å². The molecule has 1 aromatic rings. The number of hydrogen-bond donors (Lipinski definition) is 3. The molecule has 0 radical (unpaired) electrons. The zero-order valence-electron chi connectivity index (χ0n) is 11.5. The van der Waals surface area contributed by atoms with E-state index in [0.29, 0.717) is 5.82 Å². The summed E-state index contributed by atoms with van der Waals surface area (Å²) in [6.07, 6.45) is 3.94. The Bertz CT molecular complexity index is 521. The van der Waals surface area contributed by atoms with Gasteiger partial charge in [-0.05, 0) is 6.92 Å². The SMILES string of the molecule is CC1=C(CCO)SCN1Cc1cncnc1N.O=[N+]([O-])O. The first kappa shape index (κ1) is 17.0. The minimum absolute atomic E-state index is 0.199. The van der Waals surface area contributed by atoms with Gasteiger partial charge in [0.2, 0.25) is 0 Å². The summed E-state index contributed by atoms with van der Waals surface area (Å²) in [5.41, 5.74) is 7.95. The Labute approximate surface area is 125 Å². The Balaban J connectivity index is 0.000000491. The number of hydrogen-bond acceptors (Lipinski definition) is 8. The maximum absolute atomic E-state index is 8.96. The third-order valence-corrected chi connectivity index (χ3v) is 4.08. The minimum atomic E-state index is -1.50. The van der Waals surface area contributed by atoms with Crippen molar-refractivity contribution in [1.29, 1.82) is 0 Å². The zero-order chi connectivity index (χ0) is 15.8. The van der Waals surface area contributed by atoms with Crippen LogP contribution in [-0.2, 0) is 6.54 Å². The number of allylic oxidation sites excluding steroid dienone is 1. The number of aliphatic hydroxyl groups is 1. The summed E-state index contributed by atoms with van der Waals surface area (Å²) in [7, 11) is 0. The van der Waals surface area contributed by atoms with Gasteiger partial charge >= 0.3 is 0 Å². The Morgan fingerprint density at radius 2 is 2.29 bits per heavy atom. The Kier molecular flexibility index (Phi) is 6.69.